The number of hydrogen-bond donors (Lipinski definition) is 1. The van der Waals surface area contributed by atoms with Gasteiger partial charge in [0, 0.05) is 38.9 Å². The Kier molecular flexibility index (Phi) is 5.15. The van der Waals surface area contributed by atoms with Gasteiger partial charge in [0.05, 0.1) is 18.3 Å². The van der Waals surface area contributed by atoms with E-state index in [4.69, 9.17) is 0 Å². The first-order valence-electron chi connectivity index (χ1n) is 8.55. The molecule has 2 aromatic rings. The third-order valence-electron chi connectivity index (χ3n) is 4.55. The Hall–Kier alpha value is -2.25. The second kappa shape index (κ2) is 7.33. The molecule has 1 atom stereocenters. The molecule has 7 heteroatoms. The third-order valence-corrected chi connectivity index (χ3v) is 4.55. The van der Waals surface area contributed by atoms with Crippen molar-refractivity contribution < 1.29 is 9.90 Å². The molecule has 0 bridgehead atoms. The van der Waals surface area contributed by atoms with Crippen molar-refractivity contribution in [2.24, 2.45) is 0 Å². The first-order chi connectivity index (χ1) is 12.0. The number of piperidine rings is 1. The molecule has 2 heterocycles. The third kappa shape index (κ3) is 4.43. The van der Waals surface area contributed by atoms with E-state index in [1.54, 1.807) is 36.1 Å². The highest BCUT2D eigenvalue weighted by atomic mass is 16.3. The Morgan fingerprint density at radius 3 is 2.96 bits per heavy atom. The van der Waals surface area contributed by atoms with Gasteiger partial charge in [0.2, 0.25) is 0 Å². The number of hydrogen-bond acceptors (Lipinski definition) is 5. The van der Waals surface area contributed by atoms with Crippen LogP contribution in [0.15, 0.2) is 36.7 Å². The van der Waals surface area contributed by atoms with Gasteiger partial charge < -0.3 is 10.0 Å². The molecule has 1 fully saturated rings. The van der Waals surface area contributed by atoms with Crippen molar-refractivity contribution in [3.63, 3.8) is 0 Å². The summed E-state index contributed by atoms with van der Waals surface area (Å²) in [6.45, 7) is 2.68. The highest BCUT2D eigenvalue weighted by Crippen LogP contribution is 2.24. The Labute approximate surface area is 147 Å². The van der Waals surface area contributed by atoms with Crippen LogP contribution in [-0.4, -0.2) is 68.6 Å². The summed E-state index contributed by atoms with van der Waals surface area (Å²) >= 11 is 0. The molecule has 0 saturated carbocycles. The minimum absolute atomic E-state index is 0.00295. The maximum Gasteiger partial charge on any atom is 0.253 e. The average molecular weight is 343 g/mol. The van der Waals surface area contributed by atoms with Crippen LogP contribution in [0.25, 0.3) is 0 Å². The summed E-state index contributed by atoms with van der Waals surface area (Å²) in [6, 6.07) is 7.71. The first-order valence-corrected chi connectivity index (χ1v) is 8.55. The van der Waals surface area contributed by atoms with E-state index in [1.165, 1.54) is 0 Å². The molecule has 0 aliphatic carbocycles. The van der Waals surface area contributed by atoms with Crippen LogP contribution in [0.3, 0.4) is 0 Å². The second-order valence-electron chi connectivity index (χ2n) is 7.04. The normalized spacial score (nSPS) is 21.2. The van der Waals surface area contributed by atoms with Crippen LogP contribution in [0, 0.1) is 0 Å². The molecule has 1 aliphatic heterocycles. The van der Waals surface area contributed by atoms with Crippen molar-refractivity contribution in [2.75, 3.05) is 27.2 Å². The lowest BCUT2D eigenvalue weighted by Gasteiger charge is -2.39. The summed E-state index contributed by atoms with van der Waals surface area (Å²) in [7, 11) is 3.51. The number of rotatable bonds is 5. The van der Waals surface area contributed by atoms with Crippen LogP contribution < -0.4 is 0 Å². The van der Waals surface area contributed by atoms with E-state index in [0.29, 0.717) is 25.2 Å². The lowest BCUT2D eigenvalue weighted by atomic mass is 9.92. The summed E-state index contributed by atoms with van der Waals surface area (Å²) in [6.07, 6.45) is 5.08. The summed E-state index contributed by atoms with van der Waals surface area (Å²) in [4.78, 5) is 15.9. The summed E-state index contributed by atoms with van der Waals surface area (Å²) in [5.41, 5.74) is 0.971. The number of β-amino-alcohol motifs (C(OH)–C–C–N with tert-alkyl or cyclic N) is 1. The Morgan fingerprint density at radius 1 is 1.40 bits per heavy atom. The van der Waals surface area contributed by atoms with Crippen molar-refractivity contribution in [1.29, 1.82) is 0 Å². The Balaban J connectivity index is 1.66. The predicted molar refractivity (Wildman–Crippen MR) is 93.9 cm³/mol. The molecule has 1 amide bonds. The minimum atomic E-state index is -0.803. The van der Waals surface area contributed by atoms with Gasteiger partial charge in [-0.05, 0) is 37.1 Å². The number of likely N-dealkylation sites (tertiary alicyclic amines) is 1. The van der Waals surface area contributed by atoms with Crippen molar-refractivity contribution >= 4 is 5.91 Å². The van der Waals surface area contributed by atoms with Gasteiger partial charge in [0.1, 0.15) is 0 Å². The number of amides is 1. The second-order valence-corrected chi connectivity index (χ2v) is 7.04. The summed E-state index contributed by atoms with van der Waals surface area (Å²) in [5.74, 6) is 0.00295. The zero-order valence-corrected chi connectivity index (χ0v) is 14.8. The van der Waals surface area contributed by atoms with E-state index >= 15 is 0 Å². The maximum atomic E-state index is 12.1. The van der Waals surface area contributed by atoms with Gasteiger partial charge in [-0.3, -0.25) is 9.69 Å². The van der Waals surface area contributed by atoms with Crippen LogP contribution in [0.5, 0.6) is 0 Å². The standard InChI is InChI=1S/C18H25N5O2/c1-21(2)17(24)16-6-3-5-15(11-16)12-22-9-4-7-18(25,13-22)14-23-10-8-19-20-23/h3,5-6,8,10-11,25H,4,7,9,12-14H2,1-2H3/t18-/m1/s1. The van der Waals surface area contributed by atoms with E-state index < -0.39 is 5.60 Å². The minimum Gasteiger partial charge on any atom is -0.387 e. The molecule has 1 aromatic heterocycles. The molecule has 1 saturated heterocycles. The number of carbonyl (C=O) groups excluding carboxylic acids is 1. The van der Waals surface area contributed by atoms with Crippen LogP contribution in [0.4, 0.5) is 0 Å². The molecule has 1 aliphatic rings. The van der Waals surface area contributed by atoms with Crippen molar-refractivity contribution in [3.05, 3.63) is 47.8 Å². The van der Waals surface area contributed by atoms with Gasteiger partial charge in [-0.2, -0.15) is 0 Å². The molecule has 3 rings (SSSR count). The fourth-order valence-electron chi connectivity index (χ4n) is 3.41. The number of aliphatic hydroxyl groups is 1. The summed E-state index contributed by atoms with van der Waals surface area (Å²) in [5, 5.41) is 18.7. The molecule has 0 spiro atoms. The van der Waals surface area contributed by atoms with Crippen LogP contribution >= 0.6 is 0 Å². The topological polar surface area (TPSA) is 74.5 Å². The van der Waals surface area contributed by atoms with Gasteiger partial charge in [-0.15, -0.1) is 5.10 Å². The SMILES string of the molecule is CN(C)C(=O)c1cccc(CN2CCC[C@](O)(Cn3ccnn3)C2)c1. The molecular weight excluding hydrogens is 318 g/mol. The average Bonchev–Trinajstić information content (AvgIpc) is 3.06. The molecule has 0 radical (unpaired) electrons. The molecule has 25 heavy (non-hydrogen) atoms. The number of carbonyl (C=O) groups is 1. The number of benzene rings is 1. The van der Waals surface area contributed by atoms with E-state index in [9.17, 15) is 9.90 Å². The monoisotopic (exact) mass is 343 g/mol. The van der Waals surface area contributed by atoms with Gasteiger partial charge >= 0.3 is 0 Å². The van der Waals surface area contributed by atoms with E-state index in [2.05, 4.69) is 15.2 Å². The van der Waals surface area contributed by atoms with E-state index in [1.807, 2.05) is 24.3 Å². The van der Waals surface area contributed by atoms with Crippen molar-refractivity contribution in [1.82, 2.24) is 24.8 Å². The van der Waals surface area contributed by atoms with Crippen molar-refractivity contribution in [2.45, 2.75) is 31.5 Å². The van der Waals surface area contributed by atoms with Crippen LogP contribution in [0.1, 0.15) is 28.8 Å². The number of nitrogens with zero attached hydrogens (tertiary/aromatic N) is 5. The van der Waals surface area contributed by atoms with Crippen molar-refractivity contribution in [3.8, 4) is 0 Å². The van der Waals surface area contributed by atoms with E-state index in [0.717, 1.165) is 24.9 Å². The first kappa shape index (κ1) is 17.6. The highest BCUT2D eigenvalue weighted by Gasteiger charge is 2.34. The maximum absolute atomic E-state index is 12.1. The smallest absolute Gasteiger partial charge is 0.253 e. The van der Waals surface area contributed by atoms with Gasteiger partial charge in [-0.25, -0.2) is 4.68 Å². The molecular formula is C18H25N5O2. The summed E-state index contributed by atoms with van der Waals surface area (Å²) < 4.78 is 1.68. The van der Waals surface area contributed by atoms with E-state index in [-0.39, 0.29) is 5.91 Å². The molecule has 1 N–H and O–H groups in total. The largest absolute Gasteiger partial charge is 0.387 e. The lowest BCUT2D eigenvalue weighted by Crippen LogP contribution is -2.50. The zero-order chi connectivity index (χ0) is 17.9. The fraction of sp³-hybridized carbons (Fsp3) is 0.500. The van der Waals surface area contributed by atoms with Crippen LogP contribution in [0.2, 0.25) is 0 Å². The predicted octanol–water partition coefficient (Wildman–Crippen LogP) is 1.01. The molecule has 0 unspecified atom stereocenters. The molecule has 7 nitrogen and oxygen atoms in total. The quantitative estimate of drug-likeness (QED) is 0.877. The lowest BCUT2D eigenvalue weighted by molar-refractivity contribution is -0.0478. The highest BCUT2D eigenvalue weighted by molar-refractivity contribution is 5.94. The Bertz CT molecular complexity index is 716. The van der Waals surface area contributed by atoms with Gasteiger partial charge in [0.25, 0.3) is 5.91 Å². The van der Waals surface area contributed by atoms with Crippen LogP contribution in [-0.2, 0) is 13.1 Å². The van der Waals surface area contributed by atoms with Gasteiger partial charge in [-0.1, -0.05) is 17.3 Å². The molecule has 1 aromatic carbocycles. The zero-order valence-electron chi connectivity index (χ0n) is 14.8. The fourth-order valence-corrected chi connectivity index (χ4v) is 3.41. The number of aromatic nitrogens is 3. The van der Waals surface area contributed by atoms with Gasteiger partial charge in [0.15, 0.2) is 0 Å². The Morgan fingerprint density at radius 2 is 2.24 bits per heavy atom. The molecule has 134 valence electrons.